The second kappa shape index (κ2) is 8.43. The number of carbonyl (C=O) groups is 2. The van der Waals surface area contributed by atoms with Crippen molar-refractivity contribution in [1.29, 1.82) is 5.26 Å². The summed E-state index contributed by atoms with van der Waals surface area (Å²) in [5.41, 5.74) is 2.22. The van der Waals surface area contributed by atoms with Crippen LogP contribution in [0.3, 0.4) is 0 Å². The van der Waals surface area contributed by atoms with Crippen molar-refractivity contribution in [3.05, 3.63) is 81.1 Å². The number of nitriles is 1. The first kappa shape index (κ1) is 27.0. The Hall–Kier alpha value is -3.63. The zero-order valence-corrected chi connectivity index (χ0v) is 22.0. The summed E-state index contributed by atoms with van der Waals surface area (Å²) in [7, 11) is -9.79. The lowest BCUT2D eigenvalue weighted by atomic mass is 9.97. The monoisotopic (exact) mass is 585 g/mol. The largest absolute Gasteiger partial charge is 0.331 e. The van der Waals surface area contributed by atoms with E-state index >= 15 is 0 Å². The summed E-state index contributed by atoms with van der Waals surface area (Å²) in [6, 6.07) is 8.64. The zero-order chi connectivity index (χ0) is 28.4. The number of fused-ring (bicyclic) bond motifs is 3. The fourth-order valence-electron chi connectivity index (χ4n) is 4.87. The van der Waals surface area contributed by atoms with Crippen LogP contribution in [0.1, 0.15) is 50.2 Å². The van der Waals surface area contributed by atoms with Crippen molar-refractivity contribution in [2.45, 2.75) is 43.9 Å². The SMILES string of the molecule is C[C@@H]1Cc2nn3c(c2CN1C(=O)c1ccc(Cl)c(C#N)c1)C(=O)N(Cc1ccc(S(F)(F)(F)(F)F)cc1)CC3. The molecule has 1 aromatic heterocycles. The highest BCUT2D eigenvalue weighted by molar-refractivity contribution is 8.45. The van der Waals surface area contributed by atoms with Crippen LogP contribution in [0.2, 0.25) is 5.02 Å². The number of benzene rings is 2. The summed E-state index contributed by atoms with van der Waals surface area (Å²) in [4.78, 5) is 27.8. The van der Waals surface area contributed by atoms with Crippen LogP contribution in [-0.4, -0.2) is 44.0 Å². The van der Waals surface area contributed by atoms with Gasteiger partial charge in [-0.2, -0.15) is 10.4 Å². The molecule has 206 valence electrons. The Kier molecular flexibility index (Phi) is 5.83. The van der Waals surface area contributed by atoms with E-state index in [0.29, 0.717) is 36.4 Å². The molecule has 7 nitrogen and oxygen atoms in total. The fourth-order valence-corrected chi connectivity index (χ4v) is 5.68. The molecule has 0 bridgehead atoms. The molecule has 0 N–H and O–H groups in total. The van der Waals surface area contributed by atoms with Gasteiger partial charge in [-0.05, 0) is 42.8 Å². The highest BCUT2D eigenvalue weighted by Crippen LogP contribution is 3.02. The van der Waals surface area contributed by atoms with Crippen molar-refractivity contribution in [3.63, 3.8) is 0 Å². The van der Waals surface area contributed by atoms with Crippen LogP contribution in [0.4, 0.5) is 19.4 Å². The molecule has 0 aliphatic carbocycles. The maximum atomic E-state index is 13.4. The van der Waals surface area contributed by atoms with Crippen molar-refractivity contribution < 1.29 is 29.0 Å². The van der Waals surface area contributed by atoms with E-state index in [1.807, 2.05) is 13.0 Å². The minimum Gasteiger partial charge on any atom is -0.331 e. The number of rotatable bonds is 4. The first-order valence-corrected chi connectivity index (χ1v) is 14.1. The zero-order valence-electron chi connectivity index (χ0n) is 20.4. The van der Waals surface area contributed by atoms with E-state index in [2.05, 4.69) is 5.10 Å². The average Bonchev–Trinajstić information content (AvgIpc) is 3.22. The molecule has 0 saturated heterocycles. The van der Waals surface area contributed by atoms with Gasteiger partial charge in [0.25, 0.3) is 11.8 Å². The van der Waals surface area contributed by atoms with E-state index in [1.165, 1.54) is 23.1 Å². The van der Waals surface area contributed by atoms with E-state index in [0.717, 1.165) is 12.1 Å². The van der Waals surface area contributed by atoms with Gasteiger partial charge in [-0.15, -0.1) is 0 Å². The maximum Gasteiger partial charge on any atom is 0.310 e. The second-order valence-corrected chi connectivity index (χ2v) is 12.4. The highest BCUT2D eigenvalue weighted by Gasteiger charge is 2.65. The van der Waals surface area contributed by atoms with Crippen LogP contribution in [0.15, 0.2) is 47.4 Å². The standard InChI is InChI=1S/C25H21ClF5N5O2S/c1-15-10-22-20(14-35(15)24(37)17-4-7-21(26)18(11-17)12-32)23-25(38)34(8-9-36(23)33-22)13-16-2-5-19(6-3-16)39(27,28,29,30)31/h2-7,11,15H,8-10,13-14H2,1H3/t15-/m1/s1. The van der Waals surface area contributed by atoms with Crippen LogP contribution in [0, 0.1) is 11.3 Å². The molecule has 14 heteroatoms. The fraction of sp³-hybridized carbons (Fsp3) is 0.280. The van der Waals surface area contributed by atoms with E-state index in [4.69, 9.17) is 11.6 Å². The quantitative estimate of drug-likeness (QED) is 0.336. The minimum absolute atomic E-state index is 0.0832. The lowest BCUT2D eigenvalue weighted by Gasteiger charge is -2.40. The highest BCUT2D eigenvalue weighted by atomic mass is 35.5. The molecule has 0 saturated carbocycles. The third-order valence-electron chi connectivity index (χ3n) is 6.89. The van der Waals surface area contributed by atoms with Crippen molar-refractivity contribution in [2.75, 3.05) is 6.54 Å². The van der Waals surface area contributed by atoms with Crippen LogP contribution in [-0.2, 0) is 26.1 Å². The number of carbonyl (C=O) groups excluding carboxylic acids is 2. The molecular formula is C25H21ClF5N5O2S. The van der Waals surface area contributed by atoms with Crippen molar-refractivity contribution in [1.82, 2.24) is 19.6 Å². The number of amides is 2. The Morgan fingerprint density at radius 1 is 1.13 bits per heavy atom. The molecule has 3 heterocycles. The molecule has 5 rings (SSSR count). The first-order valence-electron chi connectivity index (χ1n) is 11.8. The van der Waals surface area contributed by atoms with Gasteiger partial charge in [0.05, 0.1) is 29.4 Å². The van der Waals surface area contributed by atoms with Gasteiger partial charge in [-0.25, -0.2) is 0 Å². The molecule has 1 atom stereocenters. The number of aromatic nitrogens is 2. The van der Waals surface area contributed by atoms with Crippen LogP contribution < -0.4 is 0 Å². The number of halogens is 6. The molecule has 2 aliphatic heterocycles. The Balaban J connectivity index is 1.39. The Morgan fingerprint density at radius 2 is 1.82 bits per heavy atom. The average molecular weight is 586 g/mol. The molecule has 2 aliphatic rings. The first-order chi connectivity index (χ1) is 18.1. The third-order valence-corrected chi connectivity index (χ3v) is 8.38. The van der Waals surface area contributed by atoms with Gasteiger partial charge in [0, 0.05) is 36.7 Å². The molecule has 39 heavy (non-hydrogen) atoms. The number of hydrogen-bond donors (Lipinski definition) is 0. The molecule has 2 amide bonds. The van der Waals surface area contributed by atoms with Crippen molar-refractivity contribution in [3.8, 4) is 6.07 Å². The topological polar surface area (TPSA) is 82.2 Å². The molecule has 0 unspecified atom stereocenters. The van der Waals surface area contributed by atoms with Gasteiger partial charge in [0.15, 0.2) is 0 Å². The summed E-state index contributed by atoms with van der Waals surface area (Å²) in [6.45, 7) is 2.40. The summed E-state index contributed by atoms with van der Waals surface area (Å²) in [5.74, 6) is -0.766. The van der Waals surface area contributed by atoms with E-state index < -0.39 is 21.0 Å². The molecule has 2 aromatic carbocycles. The summed E-state index contributed by atoms with van der Waals surface area (Å²) in [6.07, 6.45) is 0.392. The molecule has 0 fully saturated rings. The van der Waals surface area contributed by atoms with Crippen LogP contribution in [0.5, 0.6) is 0 Å². The Morgan fingerprint density at radius 3 is 2.46 bits per heavy atom. The summed E-state index contributed by atoms with van der Waals surface area (Å²) < 4.78 is 66.8. The van der Waals surface area contributed by atoms with Gasteiger partial charge in [0.2, 0.25) is 0 Å². The molecular weight excluding hydrogens is 565 g/mol. The third kappa shape index (κ3) is 5.06. The van der Waals surface area contributed by atoms with Crippen molar-refractivity contribution in [2.24, 2.45) is 0 Å². The Labute approximate surface area is 225 Å². The summed E-state index contributed by atoms with van der Waals surface area (Å²) in [5, 5.41) is 14.0. The van der Waals surface area contributed by atoms with Gasteiger partial charge < -0.3 is 9.80 Å². The van der Waals surface area contributed by atoms with E-state index in [9.17, 15) is 34.3 Å². The molecule has 3 aromatic rings. The van der Waals surface area contributed by atoms with E-state index in [1.54, 1.807) is 9.58 Å². The number of nitrogens with zero attached hydrogens (tertiary/aromatic N) is 5. The lowest BCUT2D eigenvalue weighted by molar-refractivity contribution is 0.0637. The predicted octanol–water partition coefficient (Wildman–Crippen LogP) is 6.31. The maximum absolute atomic E-state index is 13.4. The van der Waals surface area contributed by atoms with Gasteiger partial charge in [0.1, 0.15) is 16.7 Å². The molecule has 0 radical (unpaired) electrons. The van der Waals surface area contributed by atoms with Gasteiger partial charge in [-0.3, -0.25) is 14.3 Å². The lowest BCUT2D eigenvalue weighted by Crippen LogP contribution is -2.44. The summed E-state index contributed by atoms with van der Waals surface area (Å²) >= 11 is 5.99. The second-order valence-electron chi connectivity index (χ2n) is 9.63. The van der Waals surface area contributed by atoms with Crippen LogP contribution >= 0.6 is 21.8 Å². The minimum atomic E-state index is -9.79. The Bertz CT molecular complexity index is 1570. The predicted molar refractivity (Wildman–Crippen MR) is 134 cm³/mol. The van der Waals surface area contributed by atoms with Gasteiger partial charge >= 0.3 is 10.2 Å². The normalized spacial score (nSPS) is 19.0. The number of hydrogen-bond acceptors (Lipinski definition) is 4. The van der Waals surface area contributed by atoms with Crippen molar-refractivity contribution >= 4 is 33.6 Å². The smallest absolute Gasteiger partial charge is 0.310 e. The molecule has 0 spiro atoms. The van der Waals surface area contributed by atoms with E-state index in [-0.39, 0.29) is 59.0 Å². The van der Waals surface area contributed by atoms with Gasteiger partial charge in [-0.1, -0.05) is 43.2 Å². The van der Waals surface area contributed by atoms with Crippen LogP contribution in [0.25, 0.3) is 0 Å².